The highest BCUT2D eigenvalue weighted by Gasteiger charge is 2.16. The maximum Gasteiger partial charge on any atom is 0.164 e. The smallest absolute Gasteiger partial charge is 0.164 e. The average Bonchev–Trinajstić information content (AvgIpc) is 3.43. The summed E-state index contributed by atoms with van der Waals surface area (Å²) < 4.78 is 2.32. The van der Waals surface area contributed by atoms with Gasteiger partial charge in [-0.05, 0) is 23.6 Å². The van der Waals surface area contributed by atoms with Crippen molar-refractivity contribution in [2.24, 2.45) is 0 Å². The zero-order valence-corrected chi connectivity index (χ0v) is 22.6. The third-order valence-corrected chi connectivity index (χ3v) is 8.33. The van der Waals surface area contributed by atoms with Gasteiger partial charge < -0.3 is 0 Å². The van der Waals surface area contributed by atoms with Crippen LogP contribution in [-0.2, 0) is 0 Å². The Bertz CT molecular complexity index is 2150. The van der Waals surface area contributed by atoms with Crippen molar-refractivity contribution in [1.29, 1.82) is 0 Å². The van der Waals surface area contributed by atoms with E-state index in [1.807, 2.05) is 79.1 Å². The van der Waals surface area contributed by atoms with Crippen molar-refractivity contribution in [2.45, 2.75) is 0 Å². The van der Waals surface area contributed by atoms with Gasteiger partial charge in [-0.1, -0.05) is 97.1 Å². The van der Waals surface area contributed by atoms with Crippen molar-refractivity contribution < 1.29 is 0 Å². The van der Waals surface area contributed by atoms with E-state index in [2.05, 4.69) is 48.5 Å². The Morgan fingerprint density at radius 3 is 1.83 bits per heavy atom. The van der Waals surface area contributed by atoms with E-state index in [1.165, 1.54) is 4.70 Å². The van der Waals surface area contributed by atoms with E-state index in [0.29, 0.717) is 17.5 Å². The summed E-state index contributed by atoms with van der Waals surface area (Å²) in [5.41, 5.74) is 4.62. The van der Waals surface area contributed by atoms with Crippen molar-refractivity contribution in [3.05, 3.63) is 128 Å². The maximum atomic E-state index is 4.91. The first-order chi connectivity index (χ1) is 20.3. The van der Waals surface area contributed by atoms with E-state index in [0.717, 1.165) is 54.3 Å². The number of thiophene rings is 1. The average molecular weight is 544 g/mol. The van der Waals surface area contributed by atoms with Crippen LogP contribution in [0.15, 0.2) is 128 Å². The van der Waals surface area contributed by atoms with Crippen molar-refractivity contribution in [2.75, 3.05) is 0 Å². The minimum Gasteiger partial charge on any atom is -0.254 e. The Morgan fingerprint density at radius 1 is 0.488 bits per heavy atom. The molecule has 0 aliphatic heterocycles. The molecule has 0 unspecified atom stereocenters. The summed E-state index contributed by atoms with van der Waals surface area (Å²) in [7, 11) is 0. The van der Waals surface area contributed by atoms with Gasteiger partial charge in [-0.15, -0.1) is 11.3 Å². The Hall–Kier alpha value is -5.33. The fourth-order valence-electron chi connectivity index (χ4n) is 5.21. The number of pyridine rings is 2. The number of rotatable bonds is 4. The summed E-state index contributed by atoms with van der Waals surface area (Å²) in [4.78, 5) is 24.2. The number of benzene rings is 4. The summed E-state index contributed by atoms with van der Waals surface area (Å²) in [5.74, 6) is 1.95. The summed E-state index contributed by atoms with van der Waals surface area (Å²) in [6, 6.07) is 39.0. The highest BCUT2D eigenvalue weighted by atomic mass is 32.1. The quantitative estimate of drug-likeness (QED) is 0.222. The van der Waals surface area contributed by atoms with Gasteiger partial charge in [-0.3, -0.25) is 9.97 Å². The first-order valence-corrected chi connectivity index (χ1v) is 14.2. The minimum absolute atomic E-state index is 0.645. The molecule has 0 N–H and O–H groups in total. The first-order valence-electron chi connectivity index (χ1n) is 13.3. The van der Waals surface area contributed by atoms with Crippen LogP contribution in [0, 0.1) is 0 Å². The molecule has 0 amide bonds. The Kier molecular flexibility index (Phi) is 5.57. The molecule has 0 aliphatic carbocycles. The van der Waals surface area contributed by atoms with Gasteiger partial charge in [-0.2, -0.15) is 0 Å². The molecule has 0 atom stereocenters. The molecule has 0 spiro atoms. The molecule has 0 saturated carbocycles. The lowest BCUT2D eigenvalue weighted by molar-refractivity contribution is 1.07. The van der Waals surface area contributed by atoms with Crippen molar-refractivity contribution >= 4 is 42.3 Å². The number of fused-ring (bicyclic) bond motifs is 4. The molecule has 0 bridgehead atoms. The number of aromatic nitrogens is 5. The van der Waals surface area contributed by atoms with Gasteiger partial charge in [0.15, 0.2) is 17.5 Å². The largest absolute Gasteiger partial charge is 0.254 e. The topological polar surface area (TPSA) is 64.5 Å². The van der Waals surface area contributed by atoms with Crippen molar-refractivity contribution in [3.8, 4) is 45.6 Å². The third kappa shape index (κ3) is 4.22. The van der Waals surface area contributed by atoms with Crippen LogP contribution in [0.2, 0.25) is 0 Å². The van der Waals surface area contributed by atoms with Gasteiger partial charge in [0.2, 0.25) is 0 Å². The van der Waals surface area contributed by atoms with E-state index in [-0.39, 0.29) is 0 Å². The van der Waals surface area contributed by atoms with E-state index in [4.69, 9.17) is 24.9 Å². The molecular formula is C35H21N5S. The molecule has 4 aromatic carbocycles. The van der Waals surface area contributed by atoms with Gasteiger partial charge in [0.1, 0.15) is 0 Å². The molecule has 0 fully saturated rings. The van der Waals surface area contributed by atoms with Crippen LogP contribution in [0.4, 0.5) is 0 Å². The summed E-state index contributed by atoms with van der Waals surface area (Å²) in [6.45, 7) is 0. The second kappa shape index (κ2) is 9.70. The van der Waals surface area contributed by atoms with Crippen molar-refractivity contribution in [3.63, 3.8) is 0 Å². The fraction of sp³-hybridized carbons (Fsp3) is 0. The SMILES string of the molecule is c1ccc(-c2nc(-c3ccccc3)nc(-c3ccc4c(c3)sc3ccnc(-c5cc6ccccc6cn5)c34)n2)cc1. The second-order valence-corrected chi connectivity index (χ2v) is 10.9. The van der Waals surface area contributed by atoms with Gasteiger partial charge in [0.25, 0.3) is 0 Å². The van der Waals surface area contributed by atoms with Gasteiger partial charge in [0.05, 0.1) is 11.4 Å². The minimum atomic E-state index is 0.645. The van der Waals surface area contributed by atoms with Crippen LogP contribution < -0.4 is 0 Å². The second-order valence-electron chi connectivity index (χ2n) is 9.80. The standard InChI is InChI=1S/C35H21N5S/c1-3-9-22(10-4-1)33-38-34(23-11-5-2-6-12-23)40-35(39-33)25-15-16-27-30(20-25)41-29-17-18-36-32(31(27)29)28-19-24-13-7-8-14-26(24)21-37-28/h1-21H. The van der Waals surface area contributed by atoms with E-state index in [9.17, 15) is 0 Å². The fourth-order valence-corrected chi connectivity index (χ4v) is 6.35. The van der Waals surface area contributed by atoms with E-state index >= 15 is 0 Å². The molecule has 41 heavy (non-hydrogen) atoms. The first kappa shape index (κ1) is 23.5. The monoisotopic (exact) mass is 543 g/mol. The number of nitrogens with zero attached hydrogens (tertiary/aromatic N) is 5. The zero-order chi connectivity index (χ0) is 27.2. The maximum absolute atomic E-state index is 4.91. The predicted octanol–water partition coefficient (Wildman–Crippen LogP) is 8.85. The molecule has 0 saturated heterocycles. The predicted molar refractivity (Wildman–Crippen MR) is 168 cm³/mol. The molecule has 6 heteroatoms. The molecule has 0 aliphatic rings. The molecular weight excluding hydrogens is 522 g/mol. The Morgan fingerprint density at radius 2 is 1.12 bits per heavy atom. The molecule has 5 nitrogen and oxygen atoms in total. The number of hydrogen-bond acceptors (Lipinski definition) is 6. The lowest BCUT2D eigenvalue weighted by atomic mass is 10.1. The molecule has 0 radical (unpaired) electrons. The van der Waals surface area contributed by atoms with Gasteiger partial charge in [-0.25, -0.2) is 15.0 Å². The molecule has 4 heterocycles. The van der Waals surface area contributed by atoms with Crippen LogP contribution >= 0.6 is 11.3 Å². The van der Waals surface area contributed by atoms with Crippen LogP contribution in [-0.4, -0.2) is 24.9 Å². The summed E-state index contributed by atoms with van der Waals surface area (Å²) >= 11 is 1.75. The third-order valence-electron chi connectivity index (χ3n) is 7.21. The van der Waals surface area contributed by atoms with Gasteiger partial charge in [0, 0.05) is 54.6 Å². The van der Waals surface area contributed by atoms with Gasteiger partial charge >= 0.3 is 0 Å². The highest BCUT2D eigenvalue weighted by Crippen LogP contribution is 2.40. The summed E-state index contributed by atoms with van der Waals surface area (Å²) in [6.07, 6.45) is 3.79. The van der Waals surface area contributed by atoms with E-state index < -0.39 is 0 Å². The molecule has 192 valence electrons. The Balaban J connectivity index is 1.29. The summed E-state index contributed by atoms with van der Waals surface area (Å²) in [5, 5.41) is 4.53. The van der Waals surface area contributed by atoms with Crippen LogP contribution in [0.5, 0.6) is 0 Å². The zero-order valence-electron chi connectivity index (χ0n) is 21.8. The normalized spacial score (nSPS) is 11.4. The Labute approximate surface area is 239 Å². The highest BCUT2D eigenvalue weighted by molar-refractivity contribution is 7.26. The lowest BCUT2D eigenvalue weighted by Crippen LogP contribution is -2.00. The van der Waals surface area contributed by atoms with Crippen LogP contribution in [0.3, 0.4) is 0 Å². The molecule has 4 aromatic heterocycles. The van der Waals surface area contributed by atoms with Crippen LogP contribution in [0.1, 0.15) is 0 Å². The number of hydrogen-bond donors (Lipinski definition) is 0. The van der Waals surface area contributed by atoms with Crippen molar-refractivity contribution in [1.82, 2.24) is 24.9 Å². The molecule has 8 aromatic rings. The lowest BCUT2D eigenvalue weighted by Gasteiger charge is -2.08. The molecule has 8 rings (SSSR count). The van der Waals surface area contributed by atoms with Crippen LogP contribution in [0.25, 0.3) is 76.5 Å². The van der Waals surface area contributed by atoms with E-state index in [1.54, 1.807) is 11.3 Å².